The van der Waals surface area contributed by atoms with Gasteiger partial charge in [0, 0.05) is 41.3 Å². The summed E-state index contributed by atoms with van der Waals surface area (Å²) < 4.78 is 7.33. The lowest BCUT2D eigenvalue weighted by atomic mass is 9.96. The molecule has 1 saturated heterocycles. The van der Waals surface area contributed by atoms with Crippen molar-refractivity contribution in [2.45, 2.75) is 18.9 Å². The zero-order valence-electron chi connectivity index (χ0n) is 20.1. The molecule has 6 rings (SSSR count). The van der Waals surface area contributed by atoms with Crippen LogP contribution in [0.3, 0.4) is 0 Å². The number of nitriles is 1. The van der Waals surface area contributed by atoms with Crippen molar-refractivity contribution in [2.75, 3.05) is 25.1 Å². The van der Waals surface area contributed by atoms with E-state index in [1.165, 1.54) is 0 Å². The Morgan fingerprint density at radius 2 is 1.95 bits per heavy atom. The van der Waals surface area contributed by atoms with Gasteiger partial charge in [0.05, 0.1) is 12.6 Å². The van der Waals surface area contributed by atoms with Crippen LogP contribution in [-0.2, 0) is 0 Å². The van der Waals surface area contributed by atoms with E-state index in [1.807, 2.05) is 53.1 Å². The molecule has 5 aromatic rings. The Morgan fingerprint density at radius 1 is 1.11 bits per heavy atom. The molecule has 0 amide bonds. The van der Waals surface area contributed by atoms with E-state index in [0.29, 0.717) is 35.2 Å². The molecule has 37 heavy (non-hydrogen) atoms. The van der Waals surface area contributed by atoms with Gasteiger partial charge in [-0.2, -0.15) is 5.26 Å². The summed E-state index contributed by atoms with van der Waals surface area (Å²) in [6.07, 6.45) is 3.20. The fourth-order valence-corrected chi connectivity index (χ4v) is 5.51. The molecule has 0 unspecified atom stereocenters. The molecule has 9 heteroatoms. The van der Waals surface area contributed by atoms with Crippen LogP contribution in [0.5, 0.6) is 5.75 Å². The number of hydrogen-bond acceptors (Lipinski definition) is 6. The zero-order valence-corrected chi connectivity index (χ0v) is 20.9. The summed E-state index contributed by atoms with van der Waals surface area (Å²) in [6, 6.07) is 19.4. The number of ether oxygens (including phenoxy) is 1. The minimum atomic E-state index is -0.138. The largest absolute Gasteiger partial charge is 0.497 e. The van der Waals surface area contributed by atoms with Crippen LogP contribution < -0.4 is 15.3 Å². The van der Waals surface area contributed by atoms with Crippen LogP contribution in [0.1, 0.15) is 24.6 Å². The number of nitrogens with one attached hydrogen (secondary N) is 1. The van der Waals surface area contributed by atoms with Gasteiger partial charge in [-0.25, -0.2) is 14.8 Å². The molecular formula is C28H23ClN6O2. The van der Waals surface area contributed by atoms with E-state index >= 15 is 0 Å². The van der Waals surface area contributed by atoms with E-state index in [-0.39, 0.29) is 11.7 Å². The molecular weight excluding hydrogens is 488 g/mol. The van der Waals surface area contributed by atoms with Crippen molar-refractivity contribution in [1.29, 1.82) is 5.26 Å². The summed E-state index contributed by atoms with van der Waals surface area (Å²) in [5.41, 5.74) is 3.17. The Hall–Kier alpha value is -4.35. The lowest BCUT2D eigenvalue weighted by molar-refractivity contribution is 0.395. The molecule has 1 fully saturated rings. The molecule has 0 saturated carbocycles. The van der Waals surface area contributed by atoms with Gasteiger partial charge in [-0.3, -0.25) is 9.55 Å². The first-order chi connectivity index (χ1) is 18.1. The standard InChI is InChI=1S/C28H23ClN6O2/c1-37-20-7-8-21-22(15-20)25(17-4-2-5-18(29)14-17)23(16-30)32-27(21)34-12-9-19(10-13-34)35-24-6-3-11-31-26(24)33-28(35)36/h2-8,11,14-15,19H,9-10,12-13H2,1H3,(H,31,33,36). The van der Waals surface area contributed by atoms with Gasteiger partial charge < -0.3 is 9.64 Å². The van der Waals surface area contributed by atoms with Crippen LogP contribution in [0.2, 0.25) is 5.02 Å². The van der Waals surface area contributed by atoms with Crippen molar-refractivity contribution >= 4 is 39.4 Å². The first-order valence-electron chi connectivity index (χ1n) is 12.1. The van der Waals surface area contributed by atoms with Gasteiger partial charge in [-0.15, -0.1) is 0 Å². The van der Waals surface area contributed by atoms with E-state index in [1.54, 1.807) is 19.4 Å². The number of aromatic amines is 1. The number of anilines is 1. The van der Waals surface area contributed by atoms with Gasteiger partial charge in [0.25, 0.3) is 0 Å². The molecule has 0 spiro atoms. The normalized spacial score (nSPS) is 14.2. The lowest BCUT2D eigenvalue weighted by Gasteiger charge is -2.34. The van der Waals surface area contributed by atoms with Crippen molar-refractivity contribution in [3.05, 3.63) is 82.0 Å². The van der Waals surface area contributed by atoms with Crippen molar-refractivity contribution in [3.8, 4) is 22.9 Å². The number of benzene rings is 2. The molecule has 3 aromatic heterocycles. The molecule has 2 aromatic carbocycles. The van der Waals surface area contributed by atoms with Crippen molar-refractivity contribution in [3.63, 3.8) is 0 Å². The number of piperidine rings is 1. The zero-order chi connectivity index (χ0) is 25.5. The average Bonchev–Trinajstić information content (AvgIpc) is 3.27. The fourth-order valence-electron chi connectivity index (χ4n) is 5.32. The summed E-state index contributed by atoms with van der Waals surface area (Å²) in [4.78, 5) is 26.9. The van der Waals surface area contributed by atoms with Gasteiger partial charge in [0.2, 0.25) is 0 Å². The minimum Gasteiger partial charge on any atom is -0.497 e. The monoisotopic (exact) mass is 510 g/mol. The number of halogens is 1. The van der Waals surface area contributed by atoms with Crippen LogP contribution in [-0.4, -0.2) is 39.7 Å². The van der Waals surface area contributed by atoms with E-state index in [9.17, 15) is 10.1 Å². The van der Waals surface area contributed by atoms with E-state index in [4.69, 9.17) is 21.3 Å². The molecule has 8 nitrogen and oxygen atoms in total. The van der Waals surface area contributed by atoms with Crippen LogP contribution in [0, 0.1) is 11.3 Å². The highest BCUT2D eigenvalue weighted by Gasteiger charge is 2.27. The topological polar surface area (TPSA) is 99.8 Å². The number of fused-ring (bicyclic) bond motifs is 2. The second-order valence-electron chi connectivity index (χ2n) is 9.08. The van der Waals surface area contributed by atoms with Crippen molar-refractivity contribution in [2.24, 2.45) is 0 Å². The third kappa shape index (κ3) is 3.98. The third-order valence-electron chi connectivity index (χ3n) is 7.03. The Balaban J connectivity index is 1.41. The highest BCUT2D eigenvalue weighted by Crippen LogP contribution is 2.39. The summed E-state index contributed by atoms with van der Waals surface area (Å²) in [7, 11) is 1.63. The Bertz CT molecular complexity index is 1740. The molecule has 1 aliphatic heterocycles. The number of pyridine rings is 2. The number of imidazole rings is 1. The van der Waals surface area contributed by atoms with E-state index in [0.717, 1.165) is 46.1 Å². The van der Waals surface area contributed by atoms with Crippen LogP contribution >= 0.6 is 11.6 Å². The number of methoxy groups -OCH3 is 1. The van der Waals surface area contributed by atoms with Gasteiger partial charge in [-0.1, -0.05) is 23.7 Å². The summed E-state index contributed by atoms with van der Waals surface area (Å²) in [5.74, 6) is 1.45. The molecule has 1 N–H and O–H groups in total. The van der Waals surface area contributed by atoms with Crippen molar-refractivity contribution in [1.82, 2.24) is 19.5 Å². The maximum absolute atomic E-state index is 12.7. The number of H-pyrrole nitrogens is 1. The van der Waals surface area contributed by atoms with Gasteiger partial charge in [0.1, 0.15) is 17.6 Å². The van der Waals surface area contributed by atoms with E-state index < -0.39 is 0 Å². The quantitative estimate of drug-likeness (QED) is 0.351. The highest BCUT2D eigenvalue weighted by atomic mass is 35.5. The first-order valence-corrected chi connectivity index (χ1v) is 12.4. The summed E-state index contributed by atoms with van der Waals surface area (Å²) in [6.45, 7) is 1.39. The van der Waals surface area contributed by atoms with Crippen molar-refractivity contribution < 1.29 is 4.74 Å². The number of rotatable bonds is 4. The summed E-state index contributed by atoms with van der Waals surface area (Å²) >= 11 is 6.29. The van der Waals surface area contributed by atoms with Crippen LogP contribution in [0.25, 0.3) is 33.1 Å². The summed E-state index contributed by atoms with van der Waals surface area (Å²) in [5, 5.41) is 12.5. The van der Waals surface area contributed by atoms with Gasteiger partial charge in [-0.05, 0) is 66.3 Å². The predicted octanol–water partition coefficient (Wildman–Crippen LogP) is 5.31. The van der Waals surface area contributed by atoms with Gasteiger partial charge >= 0.3 is 5.69 Å². The maximum atomic E-state index is 12.7. The first kappa shape index (κ1) is 23.1. The second-order valence-corrected chi connectivity index (χ2v) is 9.52. The molecule has 0 bridgehead atoms. The predicted molar refractivity (Wildman–Crippen MR) is 144 cm³/mol. The number of aromatic nitrogens is 4. The average molecular weight is 511 g/mol. The van der Waals surface area contributed by atoms with E-state index in [2.05, 4.69) is 20.9 Å². The molecule has 184 valence electrons. The molecule has 1 aliphatic rings. The number of nitrogens with zero attached hydrogens (tertiary/aromatic N) is 5. The highest BCUT2D eigenvalue weighted by molar-refractivity contribution is 6.31. The molecule has 0 aliphatic carbocycles. The Morgan fingerprint density at radius 3 is 2.70 bits per heavy atom. The Kier molecular flexibility index (Phi) is 5.78. The minimum absolute atomic E-state index is 0.0502. The lowest BCUT2D eigenvalue weighted by Crippen LogP contribution is -2.37. The van der Waals surface area contributed by atoms with Gasteiger partial charge in [0.15, 0.2) is 11.3 Å². The number of hydrogen-bond donors (Lipinski definition) is 1. The smallest absolute Gasteiger partial charge is 0.327 e. The SMILES string of the molecule is COc1ccc2c(N3CCC(n4c(=O)[nH]c5ncccc54)CC3)nc(C#N)c(-c3cccc(Cl)c3)c2c1. The molecule has 0 atom stereocenters. The maximum Gasteiger partial charge on any atom is 0.327 e. The fraction of sp³-hybridized carbons (Fsp3) is 0.214. The second kappa shape index (κ2) is 9.26. The Labute approximate surface area is 217 Å². The van der Waals surface area contributed by atoms with Crippen LogP contribution in [0.15, 0.2) is 65.6 Å². The third-order valence-corrected chi connectivity index (χ3v) is 7.27. The van der Waals surface area contributed by atoms with Crippen LogP contribution in [0.4, 0.5) is 5.82 Å². The molecule has 4 heterocycles. The molecule has 0 radical (unpaired) electrons.